The molecule has 2 unspecified atom stereocenters. The summed E-state index contributed by atoms with van der Waals surface area (Å²) in [7, 11) is 0. The van der Waals surface area contributed by atoms with Crippen LogP contribution in [0.5, 0.6) is 0 Å². The molecule has 0 aromatic carbocycles. The molecule has 0 aromatic heterocycles. The molecule has 0 aliphatic heterocycles. The number of amides is 1. The zero-order chi connectivity index (χ0) is 46.3. The molecule has 0 rings (SSSR count). The highest BCUT2D eigenvalue weighted by atomic mass is 16.3. The number of carbonyl (C=O) groups is 1. The van der Waals surface area contributed by atoms with E-state index in [-0.39, 0.29) is 12.5 Å². The Morgan fingerprint density at radius 3 is 0.938 bits per heavy atom. The van der Waals surface area contributed by atoms with E-state index in [2.05, 4.69) is 43.5 Å². The molecule has 1 amide bonds. The largest absolute Gasteiger partial charge is 0.394 e. The minimum Gasteiger partial charge on any atom is -0.394 e. The van der Waals surface area contributed by atoms with Crippen molar-refractivity contribution in [3.8, 4) is 0 Å². The summed E-state index contributed by atoms with van der Waals surface area (Å²) in [5.41, 5.74) is 0. The SMILES string of the molecule is CCCCCCC/C=C\C/C=C\CCCCCCCCCCCCCCCCCCCCCC(=O)NC(CO)C(O)CCCCCCCCCCCCCCCCCCCCCCC. The standard InChI is InChI=1S/C60H117NO3/c1-3-5-7-9-11-13-15-17-19-21-23-25-26-27-28-29-30-31-32-33-34-36-38-40-42-44-46-48-50-52-54-56-60(64)61-58(57-62)59(63)55-53-51-49-47-45-43-41-39-37-35-24-22-20-18-16-14-12-10-8-6-4-2/h15,17,21,23,58-59,62-63H,3-14,16,18-20,22,24-57H2,1-2H3,(H,61,64)/b17-15-,23-21-. The van der Waals surface area contributed by atoms with Gasteiger partial charge in [-0.3, -0.25) is 4.79 Å². The van der Waals surface area contributed by atoms with E-state index in [0.29, 0.717) is 12.8 Å². The molecule has 0 saturated carbocycles. The van der Waals surface area contributed by atoms with Crippen molar-refractivity contribution in [2.24, 2.45) is 0 Å². The molecule has 2 atom stereocenters. The van der Waals surface area contributed by atoms with Crippen LogP contribution in [0.25, 0.3) is 0 Å². The van der Waals surface area contributed by atoms with Gasteiger partial charge in [0.05, 0.1) is 18.8 Å². The average molecular weight is 901 g/mol. The molecule has 0 spiro atoms. The first-order valence-electron chi connectivity index (χ1n) is 29.5. The van der Waals surface area contributed by atoms with Gasteiger partial charge in [0.2, 0.25) is 5.91 Å². The minimum absolute atomic E-state index is 0.0243. The average Bonchev–Trinajstić information content (AvgIpc) is 3.30. The van der Waals surface area contributed by atoms with Gasteiger partial charge in [-0.2, -0.15) is 0 Å². The maximum atomic E-state index is 12.5. The molecule has 0 aliphatic carbocycles. The summed E-state index contributed by atoms with van der Waals surface area (Å²) in [6.07, 6.45) is 74.6. The van der Waals surface area contributed by atoms with Crippen molar-refractivity contribution in [2.45, 2.75) is 347 Å². The van der Waals surface area contributed by atoms with Crippen LogP contribution in [-0.2, 0) is 4.79 Å². The first kappa shape index (κ1) is 62.9. The predicted octanol–water partition coefficient (Wildman–Crippen LogP) is 19.5. The van der Waals surface area contributed by atoms with Crippen LogP contribution in [0.3, 0.4) is 0 Å². The fourth-order valence-electron chi connectivity index (χ4n) is 9.45. The third-order valence-electron chi connectivity index (χ3n) is 14.0. The predicted molar refractivity (Wildman–Crippen MR) is 286 cm³/mol. The van der Waals surface area contributed by atoms with Gasteiger partial charge in [0, 0.05) is 6.42 Å². The van der Waals surface area contributed by atoms with Crippen molar-refractivity contribution in [1.82, 2.24) is 5.32 Å². The zero-order valence-corrected chi connectivity index (χ0v) is 43.8. The van der Waals surface area contributed by atoms with Gasteiger partial charge >= 0.3 is 0 Å². The van der Waals surface area contributed by atoms with Crippen molar-refractivity contribution < 1.29 is 15.0 Å². The number of aliphatic hydroxyl groups is 2. The van der Waals surface area contributed by atoms with E-state index >= 15 is 0 Å². The molecule has 0 saturated heterocycles. The van der Waals surface area contributed by atoms with Crippen LogP contribution in [0.1, 0.15) is 335 Å². The van der Waals surface area contributed by atoms with E-state index in [1.54, 1.807) is 0 Å². The van der Waals surface area contributed by atoms with Gasteiger partial charge in [0.25, 0.3) is 0 Å². The van der Waals surface area contributed by atoms with Crippen LogP contribution in [0.4, 0.5) is 0 Å². The van der Waals surface area contributed by atoms with Gasteiger partial charge in [0.15, 0.2) is 0 Å². The zero-order valence-electron chi connectivity index (χ0n) is 43.8. The maximum absolute atomic E-state index is 12.5. The van der Waals surface area contributed by atoms with Crippen molar-refractivity contribution in [2.75, 3.05) is 6.61 Å². The second-order valence-corrected chi connectivity index (χ2v) is 20.4. The summed E-state index contributed by atoms with van der Waals surface area (Å²) in [6.45, 7) is 4.39. The molecule has 4 nitrogen and oxygen atoms in total. The molecule has 0 fully saturated rings. The molecule has 3 N–H and O–H groups in total. The molecular formula is C60H117NO3. The van der Waals surface area contributed by atoms with Crippen LogP contribution in [0.15, 0.2) is 24.3 Å². The van der Waals surface area contributed by atoms with Gasteiger partial charge in [0.1, 0.15) is 0 Å². The number of unbranched alkanes of at least 4 members (excludes halogenated alkanes) is 44. The van der Waals surface area contributed by atoms with E-state index in [0.717, 1.165) is 32.1 Å². The molecule has 0 aliphatic rings. The van der Waals surface area contributed by atoms with E-state index in [4.69, 9.17) is 0 Å². The van der Waals surface area contributed by atoms with Crippen LogP contribution in [0, 0.1) is 0 Å². The topological polar surface area (TPSA) is 69.6 Å². The molecule has 64 heavy (non-hydrogen) atoms. The quantitative estimate of drug-likeness (QED) is 0.0421. The Morgan fingerprint density at radius 2 is 0.641 bits per heavy atom. The van der Waals surface area contributed by atoms with E-state index in [9.17, 15) is 15.0 Å². The Kier molecular flexibility index (Phi) is 55.2. The number of carbonyl (C=O) groups excluding carboxylic acids is 1. The molecule has 0 aromatic rings. The summed E-state index contributed by atoms with van der Waals surface area (Å²) < 4.78 is 0. The fourth-order valence-corrected chi connectivity index (χ4v) is 9.45. The number of aliphatic hydroxyl groups excluding tert-OH is 2. The lowest BCUT2D eigenvalue weighted by atomic mass is 10.0. The third kappa shape index (κ3) is 51.8. The van der Waals surface area contributed by atoms with E-state index < -0.39 is 12.1 Å². The maximum Gasteiger partial charge on any atom is 0.220 e. The van der Waals surface area contributed by atoms with Gasteiger partial charge in [-0.05, 0) is 44.9 Å². The summed E-state index contributed by atoms with van der Waals surface area (Å²) in [5.74, 6) is -0.0243. The van der Waals surface area contributed by atoms with Crippen molar-refractivity contribution in [1.29, 1.82) is 0 Å². The molecule has 380 valence electrons. The van der Waals surface area contributed by atoms with E-state index in [1.165, 1.54) is 276 Å². The summed E-state index contributed by atoms with van der Waals surface area (Å²) in [4.78, 5) is 12.5. The van der Waals surface area contributed by atoms with Gasteiger partial charge in [-0.25, -0.2) is 0 Å². The minimum atomic E-state index is -0.658. The Balaban J connectivity index is 3.41. The van der Waals surface area contributed by atoms with Crippen LogP contribution in [-0.4, -0.2) is 34.9 Å². The van der Waals surface area contributed by atoms with Gasteiger partial charge in [-0.15, -0.1) is 0 Å². The van der Waals surface area contributed by atoms with E-state index in [1.807, 2.05) is 0 Å². The Morgan fingerprint density at radius 1 is 0.375 bits per heavy atom. The summed E-state index contributed by atoms with van der Waals surface area (Å²) in [6, 6.07) is -0.534. The molecular weight excluding hydrogens is 783 g/mol. The first-order chi connectivity index (χ1) is 31.7. The number of rotatable bonds is 55. The molecule has 0 bridgehead atoms. The number of allylic oxidation sites excluding steroid dienone is 4. The first-order valence-corrected chi connectivity index (χ1v) is 29.5. The number of nitrogens with one attached hydrogen (secondary N) is 1. The molecule has 0 heterocycles. The highest BCUT2D eigenvalue weighted by molar-refractivity contribution is 5.76. The van der Waals surface area contributed by atoms with Crippen molar-refractivity contribution in [3.05, 3.63) is 24.3 Å². The van der Waals surface area contributed by atoms with Crippen molar-refractivity contribution >= 4 is 5.91 Å². The van der Waals surface area contributed by atoms with Gasteiger partial charge in [-0.1, -0.05) is 308 Å². The lowest BCUT2D eigenvalue weighted by Gasteiger charge is -2.22. The second kappa shape index (κ2) is 56.2. The lowest BCUT2D eigenvalue weighted by molar-refractivity contribution is -0.123. The Hall–Kier alpha value is -1.13. The summed E-state index contributed by atoms with van der Waals surface area (Å²) in [5, 5.41) is 23.4. The van der Waals surface area contributed by atoms with Crippen LogP contribution in [0.2, 0.25) is 0 Å². The monoisotopic (exact) mass is 900 g/mol. The van der Waals surface area contributed by atoms with Gasteiger partial charge < -0.3 is 15.5 Å². The molecule has 4 heteroatoms. The second-order valence-electron chi connectivity index (χ2n) is 20.4. The normalized spacial score (nSPS) is 12.9. The number of hydrogen-bond acceptors (Lipinski definition) is 3. The lowest BCUT2D eigenvalue weighted by Crippen LogP contribution is -2.45. The smallest absolute Gasteiger partial charge is 0.220 e. The summed E-state index contributed by atoms with van der Waals surface area (Å²) >= 11 is 0. The fraction of sp³-hybridized carbons (Fsp3) is 0.917. The Bertz CT molecular complexity index is 932. The highest BCUT2D eigenvalue weighted by Crippen LogP contribution is 2.18. The third-order valence-corrected chi connectivity index (χ3v) is 14.0. The van der Waals surface area contributed by atoms with Crippen molar-refractivity contribution in [3.63, 3.8) is 0 Å². The molecule has 0 radical (unpaired) electrons. The highest BCUT2D eigenvalue weighted by Gasteiger charge is 2.20. The van der Waals surface area contributed by atoms with Crippen LogP contribution >= 0.6 is 0 Å². The number of hydrogen-bond donors (Lipinski definition) is 3. The van der Waals surface area contributed by atoms with Crippen LogP contribution < -0.4 is 5.32 Å². The Labute approximate surface area is 402 Å².